The molecule has 31 heavy (non-hydrogen) atoms. The Morgan fingerprint density at radius 2 is 1.94 bits per heavy atom. The smallest absolute Gasteiger partial charge is 0.329 e. The number of carbonyl (C=O) groups is 2. The van der Waals surface area contributed by atoms with Crippen molar-refractivity contribution >= 4 is 28.6 Å². The molecule has 0 radical (unpaired) electrons. The predicted molar refractivity (Wildman–Crippen MR) is 116 cm³/mol. The van der Waals surface area contributed by atoms with Gasteiger partial charge in [0.2, 0.25) is 11.8 Å². The first kappa shape index (κ1) is 20.8. The molecule has 1 aliphatic heterocycles. The zero-order valence-electron chi connectivity index (χ0n) is 18.4. The summed E-state index contributed by atoms with van der Waals surface area (Å²) in [7, 11) is 4.77. The lowest BCUT2D eigenvalue weighted by molar-refractivity contribution is -0.143. The molecule has 0 N–H and O–H groups in total. The van der Waals surface area contributed by atoms with Crippen LogP contribution in [0, 0.1) is 13.8 Å². The summed E-state index contributed by atoms with van der Waals surface area (Å²) >= 11 is 0. The minimum atomic E-state index is -0.629. The number of hydrogen-bond donors (Lipinski definition) is 0. The summed E-state index contributed by atoms with van der Waals surface area (Å²) in [5.74, 6) is 0.00629. The fraction of sp³-hybridized carbons (Fsp3) is 0.391. The van der Waals surface area contributed by atoms with Crippen LogP contribution in [-0.2, 0) is 34.2 Å². The van der Waals surface area contributed by atoms with Crippen molar-refractivity contribution in [2.45, 2.75) is 39.2 Å². The Morgan fingerprint density at radius 1 is 1.19 bits per heavy atom. The third kappa shape index (κ3) is 3.41. The molecular formula is C23H26N4O4. The highest BCUT2D eigenvalue weighted by molar-refractivity contribution is 6.02. The molecule has 1 aliphatic rings. The van der Waals surface area contributed by atoms with E-state index in [2.05, 4.69) is 5.10 Å². The number of methoxy groups -OCH3 is 2. The van der Waals surface area contributed by atoms with Crippen LogP contribution in [0.4, 0.5) is 5.69 Å². The van der Waals surface area contributed by atoms with E-state index in [9.17, 15) is 9.59 Å². The van der Waals surface area contributed by atoms with E-state index in [1.165, 1.54) is 7.11 Å². The Hall–Kier alpha value is -3.42. The highest BCUT2D eigenvalue weighted by Crippen LogP contribution is 2.34. The molecular weight excluding hydrogens is 396 g/mol. The van der Waals surface area contributed by atoms with Crippen LogP contribution in [-0.4, -0.2) is 46.9 Å². The highest BCUT2D eigenvalue weighted by Gasteiger charge is 2.38. The number of rotatable bonds is 5. The second-order valence-electron chi connectivity index (χ2n) is 7.77. The quantitative estimate of drug-likeness (QED) is 0.588. The average molecular weight is 422 g/mol. The zero-order valence-corrected chi connectivity index (χ0v) is 18.4. The first-order valence-corrected chi connectivity index (χ1v) is 10.2. The number of amides is 1. The molecule has 0 fully saturated rings. The van der Waals surface area contributed by atoms with Crippen molar-refractivity contribution in [1.82, 2.24) is 14.8 Å². The van der Waals surface area contributed by atoms with Crippen LogP contribution in [0.5, 0.6) is 5.88 Å². The van der Waals surface area contributed by atoms with E-state index < -0.39 is 12.0 Å². The molecule has 3 aromatic rings. The van der Waals surface area contributed by atoms with E-state index in [1.807, 2.05) is 45.2 Å². The van der Waals surface area contributed by atoms with Gasteiger partial charge in [0.05, 0.1) is 19.6 Å². The zero-order chi connectivity index (χ0) is 22.3. The fourth-order valence-corrected chi connectivity index (χ4v) is 4.48. The lowest BCUT2D eigenvalue weighted by Crippen LogP contribution is -2.43. The monoisotopic (exact) mass is 422 g/mol. The van der Waals surface area contributed by atoms with Crippen molar-refractivity contribution in [2.75, 3.05) is 19.1 Å². The standard InChI is InChI=1S/C23H26N4O4/c1-13-16(14(2)24-21-20(13)22(30-4)25-26(21)3)10-11-19(28)27-17-9-7-6-8-15(17)12-18(27)23(29)31-5/h6-9,18H,10-12H2,1-5H3. The Kier molecular flexibility index (Phi) is 5.39. The Bertz CT molecular complexity index is 1180. The van der Waals surface area contributed by atoms with Gasteiger partial charge in [-0.2, -0.15) is 0 Å². The van der Waals surface area contributed by atoms with Gasteiger partial charge >= 0.3 is 5.97 Å². The second-order valence-corrected chi connectivity index (χ2v) is 7.77. The summed E-state index contributed by atoms with van der Waals surface area (Å²) in [6.07, 6.45) is 1.22. The van der Waals surface area contributed by atoms with Crippen molar-refractivity contribution in [3.8, 4) is 5.88 Å². The third-order valence-corrected chi connectivity index (χ3v) is 6.02. The van der Waals surface area contributed by atoms with Gasteiger partial charge in [-0.05, 0) is 43.0 Å². The third-order valence-electron chi connectivity index (χ3n) is 6.02. The average Bonchev–Trinajstić information content (AvgIpc) is 3.30. The van der Waals surface area contributed by atoms with Gasteiger partial charge < -0.3 is 9.47 Å². The van der Waals surface area contributed by atoms with Gasteiger partial charge in [-0.15, -0.1) is 5.10 Å². The molecule has 4 rings (SSSR count). The number of para-hydroxylation sites is 1. The molecule has 1 aromatic carbocycles. The van der Waals surface area contributed by atoms with Crippen molar-refractivity contribution in [1.29, 1.82) is 0 Å². The number of pyridine rings is 1. The van der Waals surface area contributed by atoms with Gasteiger partial charge in [0.25, 0.3) is 0 Å². The number of aryl methyl sites for hydroxylation is 3. The number of nitrogens with zero attached hydrogens (tertiary/aromatic N) is 4. The molecule has 0 bridgehead atoms. The SMILES string of the molecule is COC(=O)C1Cc2ccccc2N1C(=O)CCc1c(C)nc2c(c(OC)nn2C)c1C. The maximum Gasteiger partial charge on any atom is 0.329 e. The number of aromatic nitrogens is 3. The summed E-state index contributed by atoms with van der Waals surface area (Å²) in [6.45, 7) is 3.94. The second kappa shape index (κ2) is 8.02. The van der Waals surface area contributed by atoms with Crippen LogP contribution in [0.15, 0.2) is 24.3 Å². The first-order valence-electron chi connectivity index (χ1n) is 10.2. The van der Waals surface area contributed by atoms with Gasteiger partial charge in [-0.3, -0.25) is 9.69 Å². The van der Waals surface area contributed by atoms with Crippen LogP contribution in [0.3, 0.4) is 0 Å². The summed E-state index contributed by atoms with van der Waals surface area (Å²) in [5.41, 5.74) is 5.36. The molecule has 0 saturated heterocycles. The lowest BCUT2D eigenvalue weighted by atomic mass is 9.99. The molecule has 162 valence electrons. The molecule has 0 spiro atoms. The number of carbonyl (C=O) groups excluding carboxylic acids is 2. The number of anilines is 1. The minimum absolute atomic E-state index is 0.114. The molecule has 8 heteroatoms. The lowest BCUT2D eigenvalue weighted by Gasteiger charge is -2.24. The van der Waals surface area contributed by atoms with Crippen LogP contribution in [0.2, 0.25) is 0 Å². The maximum absolute atomic E-state index is 13.3. The number of fused-ring (bicyclic) bond motifs is 2. The van der Waals surface area contributed by atoms with E-state index in [0.717, 1.165) is 39.1 Å². The van der Waals surface area contributed by atoms with E-state index in [-0.39, 0.29) is 12.3 Å². The van der Waals surface area contributed by atoms with Gasteiger partial charge in [0, 0.05) is 31.3 Å². The molecule has 1 amide bonds. The number of esters is 1. The summed E-state index contributed by atoms with van der Waals surface area (Å²) in [5, 5.41) is 5.24. The summed E-state index contributed by atoms with van der Waals surface area (Å²) in [4.78, 5) is 31.9. The molecule has 3 heterocycles. The fourth-order valence-electron chi connectivity index (χ4n) is 4.48. The highest BCUT2D eigenvalue weighted by atomic mass is 16.5. The number of benzene rings is 1. The molecule has 1 atom stereocenters. The van der Waals surface area contributed by atoms with E-state index in [1.54, 1.807) is 16.7 Å². The van der Waals surface area contributed by atoms with Crippen LogP contribution in [0.1, 0.15) is 28.8 Å². The van der Waals surface area contributed by atoms with E-state index in [4.69, 9.17) is 14.5 Å². The maximum atomic E-state index is 13.3. The van der Waals surface area contributed by atoms with Gasteiger partial charge in [-0.25, -0.2) is 14.5 Å². The van der Waals surface area contributed by atoms with E-state index in [0.29, 0.717) is 18.7 Å². The normalized spacial score (nSPS) is 15.3. The molecule has 0 saturated carbocycles. The minimum Gasteiger partial charge on any atom is -0.479 e. The molecule has 1 unspecified atom stereocenters. The van der Waals surface area contributed by atoms with Crippen molar-refractivity contribution in [3.63, 3.8) is 0 Å². The Morgan fingerprint density at radius 3 is 2.65 bits per heavy atom. The number of hydrogen-bond acceptors (Lipinski definition) is 6. The van der Waals surface area contributed by atoms with Gasteiger partial charge in [-0.1, -0.05) is 18.2 Å². The van der Waals surface area contributed by atoms with Gasteiger partial charge in [0.1, 0.15) is 6.04 Å². The van der Waals surface area contributed by atoms with Crippen LogP contribution < -0.4 is 9.64 Å². The molecule has 8 nitrogen and oxygen atoms in total. The van der Waals surface area contributed by atoms with Crippen molar-refractivity contribution < 1.29 is 19.1 Å². The van der Waals surface area contributed by atoms with Crippen molar-refractivity contribution in [2.24, 2.45) is 7.05 Å². The largest absolute Gasteiger partial charge is 0.479 e. The Balaban J connectivity index is 1.64. The van der Waals surface area contributed by atoms with Crippen LogP contribution in [0.25, 0.3) is 11.0 Å². The van der Waals surface area contributed by atoms with Gasteiger partial charge in [0.15, 0.2) is 5.65 Å². The van der Waals surface area contributed by atoms with Crippen molar-refractivity contribution in [3.05, 3.63) is 46.6 Å². The molecule has 0 aliphatic carbocycles. The first-order chi connectivity index (χ1) is 14.9. The molecule has 2 aromatic heterocycles. The Labute approximate surface area is 180 Å². The topological polar surface area (TPSA) is 86.6 Å². The van der Waals surface area contributed by atoms with E-state index >= 15 is 0 Å². The summed E-state index contributed by atoms with van der Waals surface area (Å²) in [6, 6.07) is 6.98. The number of ether oxygens (including phenoxy) is 2. The van der Waals surface area contributed by atoms with Crippen LogP contribution >= 0.6 is 0 Å². The summed E-state index contributed by atoms with van der Waals surface area (Å²) < 4.78 is 12.1. The predicted octanol–water partition coefficient (Wildman–Crippen LogP) is 2.66.